The maximum absolute atomic E-state index is 13.3. The Labute approximate surface area is 227 Å². The monoisotopic (exact) mass is 543 g/mol. The first kappa shape index (κ1) is 26.5. The number of aliphatic hydroxyl groups excluding tert-OH is 1. The standard InChI is InChI=1S/C28H37N3O4S2/c1-16(26(34)31-11-13-36-14-12-31)20-9-10-28(3)15-21-23(17(2)22(28)24(20)32)29-27(37-21)30-25(33)18-5-7-19(35-4)8-6-18/h5-8,16-17,20,22,24,32H,9-15H2,1-4H3,(H,29,30,33)/t16-,17-,20-,22+,24-,28+/m0/s1. The molecule has 2 fully saturated rings. The summed E-state index contributed by atoms with van der Waals surface area (Å²) in [6, 6.07) is 7.01. The van der Waals surface area contributed by atoms with Crippen LogP contribution in [-0.2, 0) is 11.2 Å². The van der Waals surface area contributed by atoms with Crippen molar-refractivity contribution < 1.29 is 19.4 Å². The zero-order valence-corrected chi connectivity index (χ0v) is 23.7. The van der Waals surface area contributed by atoms with E-state index in [-0.39, 0.29) is 40.9 Å². The van der Waals surface area contributed by atoms with Crippen molar-refractivity contribution in [3.05, 3.63) is 40.4 Å². The Morgan fingerprint density at radius 2 is 1.95 bits per heavy atom. The maximum Gasteiger partial charge on any atom is 0.257 e. The third-order valence-electron chi connectivity index (χ3n) is 8.85. The second-order valence-corrected chi connectivity index (χ2v) is 13.4. The molecule has 1 saturated heterocycles. The third-order valence-corrected chi connectivity index (χ3v) is 10.8. The number of anilines is 1. The molecule has 9 heteroatoms. The summed E-state index contributed by atoms with van der Waals surface area (Å²) < 4.78 is 5.18. The molecule has 200 valence electrons. The molecule has 0 unspecified atom stereocenters. The minimum absolute atomic E-state index is 0.0261. The lowest BCUT2D eigenvalue weighted by Crippen LogP contribution is -2.54. The largest absolute Gasteiger partial charge is 0.497 e. The molecule has 7 nitrogen and oxygen atoms in total. The van der Waals surface area contributed by atoms with E-state index in [1.54, 1.807) is 42.7 Å². The zero-order valence-electron chi connectivity index (χ0n) is 22.0. The molecule has 1 aromatic carbocycles. The number of rotatable bonds is 5. The Kier molecular flexibility index (Phi) is 7.58. The minimum atomic E-state index is -0.556. The molecule has 0 radical (unpaired) electrons. The molecular formula is C28H37N3O4S2. The number of thiazole rings is 1. The van der Waals surface area contributed by atoms with E-state index in [0.29, 0.717) is 16.4 Å². The van der Waals surface area contributed by atoms with Crippen molar-refractivity contribution >= 4 is 40.0 Å². The summed E-state index contributed by atoms with van der Waals surface area (Å²) in [5.41, 5.74) is 1.47. The molecule has 2 aromatic rings. The molecule has 3 aliphatic rings. The number of thioether (sulfide) groups is 1. The van der Waals surface area contributed by atoms with Crippen LogP contribution in [0, 0.1) is 23.2 Å². The highest BCUT2D eigenvalue weighted by Gasteiger charge is 2.54. The first-order valence-electron chi connectivity index (χ1n) is 13.2. The molecule has 2 heterocycles. The Bertz CT molecular complexity index is 1150. The predicted molar refractivity (Wildman–Crippen MR) is 149 cm³/mol. The van der Waals surface area contributed by atoms with Gasteiger partial charge >= 0.3 is 0 Å². The molecular weight excluding hydrogens is 506 g/mol. The SMILES string of the molecule is COc1ccc(C(=O)Nc2nc3c(s2)C[C@@]2(C)CC[C@@H]([C@H](C)C(=O)N4CCSCC4)[C@H](O)[C@H]2[C@@H]3C)cc1. The number of carbonyl (C=O) groups is 2. The van der Waals surface area contributed by atoms with E-state index >= 15 is 0 Å². The van der Waals surface area contributed by atoms with Crippen LogP contribution in [0.25, 0.3) is 0 Å². The number of hydrogen-bond donors (Lipinski definition) is 2. The van der Waals surface area contributed by atoms with Crippen molar-refractivity contribution in [3.63, 3.8) is 0 Å². The summed E-state index contributed by atoms with van der Waals surface area (Å²) in [5, 5.41) is 15.3. The van der Waals surface area contributed by atoms with Crippen LogP contribution in [0.3, 0.4) is 0 Å². The van der Waals surface area contributed by atoms with Crippen LogP contribution in [0.15, 0.2) is 24.3 Å². The number of benzene rings is 1. The van der Waals surface area contributed by atoms with E-state index in [0.717, 1.165) is 49.6 Å². The van der Waals surface area contributed by atoms with E-state index in [2.05, 4.69) is 19.2 Å². The van der Waals surface area contributed by atoms with Crippen LogP contribution in [0.1, 0.15) is 60.5 Å². The van der Waals surface area contributed by atoms with Gasteiger partial charge in [-0.25, -0.2) is 4.98 Å². The van der Waals surface area contributed by atoms with Crippen LogP contribution in [0.4, 0.5) is 5.13 Å². The fourth-order valence-electron chi connectivity index (χ4n) is 6.77. The van der Waals surface area contributed by atoms with Gasteiger partial charge < -0.3 is 14.7 Å². The Morgan fingerprint density at radius 1 is 1.24 bits per heavy atom. The number of hydrogen-bond acceptors (Lipinski definition) is 7. The van der Waals surface area contributed by atoms with Gasteiger partial charge in [-0.2, -0.15) is 11.8 Å². The summed E-state index contributed by atoms with van der Waals surface area (Å²) in [6.45, 7) is 8.05. The van der Waals surface area contributed by atoms with E-state index in [9.17, 15) is 14.7 Å². The van der Waals surface area contributed by atoms with E-state index in [1.807, 2.05) is 23.6 Å². The number of ether oxygens (including phenoxy) is 1. The number of aromatic nitrogens is 1. The van der Waals surface area contributed by atoms with E-state index in [1.165, 1.54) is 4.88 Å². The highest BCUT2D eigenvalue weighted by molar-refractivity contribution is 7.99. The molecule has 6 atom stereocenters. The van der Waals surface area contributed by atoms with Gasteiger partial charge in [-0.15, -0.1) is 11.3 Å². The van der Waals surface area contributed by atoms with Crippen LogP contribution >= 0.6 is 23.1 Å². The van der Waals surface area contributed by atoms with Gasteiger partial charge in [0.2, 0.25) is 5.91 Å². The van der Waals surface area contributed by atoms with Crippen LogP contribution in [0.5, 0.6) is 5.75 Å². The molecule has 5 rings (SSSR count). The van der Waals surface area contributed by atoms with Gasteiger partial charge in [0.1, 0.15) is 5.75 Å². The average molecular weight is 544 g/mol. The topological polar surface area (TPSA) is 91.8 Å². The van der Waals surface area contributed by atoms with Crippen molar-refractivity contribution in [1.82, 2.24) is 9.88 Å². The van der Waals surface area contributed by atoms with Gasteiger partial charge in [-0.1, -0.05) is 20.8 Å². The molecule has 0 spiro atoms. The zero-order chi connectivity index (χ0) is 26.3. The summed E-state index contributed by atoms with van der Waals surface area (Å²) in [7, 11) is 1.60. The van der Waals surface area contributed by atoms with Crippen molar-refractivity contribution in [1.29, 1.82) is 0 Å². The number of nitrogens with one attached hydrogen (secondary N) is 1. The summed E-state index contributed by atoms with van der Waals surface area (Å²) in [6.07, 6.45) is 2.11. The predicted octanol–water partition coefficient (Wildman–Crippen LogP) is 4.67. The molecule has 2 amide bonds. The van der Waals surface area contributed by atoms with Gasteiger partial charge in [0, 0.05) is 46.9 Å². The Balaban J connectivity index is 1.32. The van der Waals surface area contributed by atoms with Crippen molar-refractivity contribution in [3.8, 4) is 5.75 Å². The highest BCUT2D eigenvalue weighted by Crippen LogP contribution is 2.57. The molecule has 1 saturated carbocycles. The van der Waals surface area contributed by atoms with Gasteiger partial charge in [0.05, 0.1) is 18.9 Å². The van der Waals surface area contributed by atoms with Crippen LogP contribution < -0.4 is 10.1 Å². The molecule has 2 aliphatic carbocycles. The van der Waals surface area contributed by atoms with Gasteiger partial charge in [0.15, 0.2) is 5.13 Å². The van der Waals surface area contributed by atoms with E-state index < -0.39 is 6.10 Å². The number of fused-ring (bicyclic) bond motifs is 2. The Hall–Kier alpha value is -2.10. The molecule has 0 bridgehead atoms. The normalized spacial score (nSPS) is 30.1. The molecule has 37 heavy (non-hydrogen) atoms. The summed E-state index contributed by atoms with van der Waals surface area (Å²) >= 11 is 3.44. The third kappa shape index (κ3) is 5.02. The van der Waals surface area contributed by atoms with Crippen LogP contribution in [0.2, 0.25) is 0 Å². The fourth-order valence-corrected chi connectivity index (χ4v) is 8.93. The number of nitrogens with zero attached hydrogens (tertiary/aromatic N) is 2. The van der Waals surface area contributed by atoms with Gasteiger partial charge in [0.25, 0.3) is 5.91 Å². The maximum atomic E-state index is 13.3. The first-order chi connectivity index (χ1) is 17.7. The number of aliphatic hydroxyl groups is 1. The quantitative estimate of drug-likeness (QED) is 0.570. The molecule has 2 N–H and O–H groups in total. The smallest absolute Gasteiger partial charge is 0.257 e. The highest BCUT2D eigenvalue weighted by atomic mass is 32.2. The lowest BCUT2D eigenvalue weighted by molar-refractivity contribution is -0.144. The van der Waals surface area contributed by atoms with Gasteiger partial charge in [-0.3, -0.25) is 14.9 Å². The fraction of sp³-hybridized carbons (Fsp3) is 0.607. The Morgan fingerprint density at radius 3 is 2.62 bits per heavy atom. The number of amides is 2. The lowest BCUT2D eigenvalue weighted by Gasteiger charge is -2.53. The number of methoxy groups -OCH3 is 1. The average Bonchev–Trinajstić information content (AvgIpc) is 3.30. The van der Waals surface area contributed by atoms with Crippen molar-refractivity contribution in [2.45, 2.75) is 52.1 Å². The van der Waals surface area contributed by atoms with Gasteiger partial charge in [-0.05, 0) is 60.8 Å². The second-order valence-electron chi connectivity index (χ2n) is 11.1. The summed E-state index contributed by atoms with van der Waals surface area (Å²) in [5.74, 6) is 2.52. The van der Waals surface area contributed by atoms with Crippen molar-refractivity contribution in [2.75, 3.05) is 37.0 Å². The summed E-state index contributed by atoms with van der Waals surface area (Å²) in [4.78, 5) is 34.1. The van der Waals surface area contributed by atoms with Crippen LogP contribution in [-0.4, -0.2) is 64.6 Å². The minimum Gasteiger partial charge on any atom is -0.497 e. The molecule has 1 aliphatic heterocycles. The number of carbonyl (C=O) groups excluding carboxylic acids is 2. The first-order valence-corrected chi connectivity index (χ1v) is 15.2. The lowest BCUT2D eigenvalue weighted by atomic mass is 9.53. The van der Waals surface area contributed by atoms with E-state index in [4.69, 9.17) is 9.72 Å². The van der Waals surface area contributed by atoms with Crippen molar-refractivity contribution in [2.24, 2.45) is 23.2 Å². The molecule has 1 aromatic heterocycles. The second kappa shape index (κ2) is 10.6.